The highest BCUT2D eigenvalue weighted by Gasteiger charge is 2.07. The van der Waals surface area contributed by atoms with Gasteiger partial charge in [-0.05, 0) is 24.1 Å². The van der Waals surface area contributed by atoms with Crippen molar-refractivity contribution >= 4 is 5.78 Å². The molecule has 0 aliphatic rings. The first-order valence-electron chi connectivity index (χ1n) is 8.09. The number of carbonyl (C=O) groups excluding carboxylic acids is 1. The SMILES string of the molecule is CCCCCCCCCCC(=O)Cc1ccc(F)c(F)c1. The Kier molecular flexibility index (Phi) is 8.88. The Morgan fingerprint density at radius 2 is 1.52 bits per heavy atom. The maximum absolute atomic E-state index is 13.0. The fraction of sp³-hybridized carbons (Fsp3) is 0.611. The van der Waals surface area contributed by atoms with E-state index in [0.29, 0.717) is 12.0 Å². The molecule has 0 fully saturated rings. The van der Waals surface area contributed by atoms with E-state index in [1.807, 2.05) is 0 Å². The topological polar surface area (TPSA) is 17.1 Å². The summed E-state index contributed by atoms with van der Waals surface area (Å²) in [5.74, 6) is -1.64. The summed E-state index contributed by atoms with van der Waals surface area (Å²) in [4.78, 5) is 11.8. The maximum Gasteiger partial charge on any atom is 0.159 e. The van der Waals surface area contributed by atoms with Gasteiger partial charge < -0.3 is 0 Å². The Morgan fingerprint density at radius 3 is 2.14 bits per heavy atom. The second kappa shape index (κ2) is 10.5. The lowest BCUT2D eigenvalue weighted by Gasteiger charge is -2.03. The van der Waals surface area contributed by atoms with Gasteiger partial charge >= 0.3 is 0 Å². The molecule has 1 nitrogen and oxygen atoms in total. The highest BCUT2D eigenvalue weighted by Crippen LogP contribution is 2.13. The Bertz CT molecular complexity index is 429. The molecule has 0 heterocycles. The number of unbranched alkanes of at least 4 members (excludes halogenated alkanes) is 7. The molecule has 0 atom stereocenters. The molecule has 0 aromatic heterocycles. The Labute approximate surface area is 126 Å². The number of benzene rings is 1. The zero-order chi connectivity index (χ0) is 15.5. The average molecular weight is 296 g/mol. The summed E-state index contributed by atoms with van der Waals surface area (Å²) in [6.07, 6.45) is 10.3. The molecule has 1 rings (SSSR count). The van der Waals surface area contributed by atoms with Gasteiger partial charge in [0, 0.05) is 12.8 Å². The van der Waals surface area contributed by atoms with Crippen molar-refractivity contribution < 1.29 is 13.6 Å². The molecule has 1 aromatic rings. The standard InChI is InChI=1S/C18H26F2O/c1-2-3-4-5-6-7-8-9-10-16(21)13-15-11-12-17(19)18(20)14-15/h11-12,14H,2-10,13H2,1H3. The molecule has 21 heavy (non-hydrogen) atoms. The minimum atomic E-state index is -0.882. The number of hydrogen-bond acceptors (Lipinski definition) is 1. The highest BCUT2D eigenvalue weighted by atomic mass is 19.2. The van der Waals surface area contributed by atoms with Crippen molar-refractivity contribution in [2.24, 2.45) is 0 Å². The van der Waals surface area contributed by atoms with Crippen LogP contribution in [0.3, 0.4) is 0 Å². The Balaban J connectivity index is 2.10. The molecule has 0 bridgehead atoms. The lowest BCUT2D eigenvalue weighted by Crippen LogP contribution is -2.03. The van der Waals surface area contributed by atoms with Crippen molar-refractivity contribution in [2.75, 3.05) is 0 Å². The summed E-state index contributed by atoms with van der Waals surface area (Å²) in [5, 5.41) is 0. The van der Waals surface area contributed by atoms with E-state index in [1.165, 1.54) is 44.6 Å². The van der Waals surface area contributed by atoms with E-state index >= 15 is 0 Å². The zero-order valence-corrected chi connectivity index (χ0v) is 13.0. The van der Waals surface area contributed by atoms with Crippen LogP contribution in [0.25, 0.3) is 0 Å². The van der Waals surface area contributed by atoms with E-state index in [1.54, 1.807) is 0 Å². The van der Waals surface area contributed by atoms with Crippen LogP contribution >= 0.6 is 0 Å². The van der Waals surface area contributed by atoms with Crippen LogP contribution < -0.4 is 0 Å². The molecule has 118 valence electrons. The fourth-order valence-electron chi connectivity index (χ4n) is 2.42. The second-order valence-corrected chi connectivity index (χ2v) is 5.69. The smallest absolute Gasteiger partial charge is 0.159 e. The quantitative estimate of drug-likeness (QED) is 0.485. The lowest BCUT2D eigenvalue weighted by molar-refractivity contribution is -0.118. The number of halogens is 2. The lowest BCUT2D eigenvalue weighted by atomic mass is 10.0. The van der Waals surface area contributed by atoms with Crippen molar-refractivity contribution in [1.29, 1.82) is 0 Å². The molecular formula is C18H26F2O. The van der Waals surface area contributed by atoms with E-state index in [0.717, 1.165) is 25.0 Å². The normalized spacial score (nSPS) is 10.8. The van der Waals surface area contributed by atoms with Crippen LogP contribution in [0.1, 0.15) is 70.3 Å². The van der Waals surface area contributed by atoms with Gasteiger partial charge in [-0.2, -0.15) is 0 Å². The van der Waals surface area contributed by atoms with E-state index in [9.17, 15) is 13.6 Å². The maximum atomic E-state index is 13.0. The number of hydrogen-bond donors (Lipinski definition) is 0. The zero-order valence-electron chi connectivity index (χ0n) is 13.0. The fourth-order valence-corrected chi connectivity index (χ4v) is 2.42. The molecule has 0 aliphatic carbocycles. The van der Waals surface area contributed by atoms with Crippen molar-refractivity contribution in [3.8, 4) is 0 Å². The van der Waals surface area contributed by atoms with Gasteiger partial charge in [-0.15, -0.1) is 0 Å². The van der Waals surface area contributed by atoms with Crippen molar-refractivity contribution in [3.63, 3.8) is 0 Å². The van der Waals surface area contributed by atoms with E-state index in [-0.39, 0.29) is 12.2 Å². The van der Waals surface area contributed by atoms with Gasteiger partial charge in [-0.3, -0.25) is 4.79 Å². The first kappa shape index (κ1) is 17.8. The number of Topliss-reactive ketones (excluding diaryl/α,β-unsaturated/α-hetero) is 1. The molecule has 0 radical (unpaired) electrons. The summed E-state index contributed by atoms with van der Waals surface area (Å²) in [7, 11) is 0. The molecule has 0 amide bonds. The van der Waals surface area contributed by atoms with Crippen LogP contribution in [0, 0.1) is 11.6 Å². The van der Waals surface area contributed by atoms with Gasteiger partial charge in [0.25, 0.3) is 0 Å². The summed E-state index contributed by atoms with van der Waals surface area (Å²) in [6.45, 7) is 2.21. The minimum Gasteiger partial charge on any atom is -0.299 e. The van der Waals surface area contributed by atoms with E-state index < -0.39 is 11.6 Å². The first-order valence-corrected chi connectivity index (χ1v) is 8.09. The number of carbonyl (C=O) groups is 1. The van der Waals surface area contributed by atoms with Gasteiger partial charge in [0.15, 0.2) is 11.6 Å². The third-order valence-electron chi connectivity index (χ3n) is 3.69. The summed E-state index contributed by atoms with van der Waals surface area (Å²) >= 11 is 0. The van der Waals surface area contributed by atoms with Gasteiger partial charge in [-0.1, -0.05) is 57.9 Å². The van der Waals surface area contributed by atoms with Crippen LogP contribution in [0.5, 0.6) is 0 Å². The molecule has 0 saturated heterocycles. The van der Waals surface area contributed by atoms with Crippen LogP contribution in [0.2, 0.25) is 0 Å². The van der Waals surface area contributed by atoms with E-state index in [4.69, 9.17) is 0 Å². The molecule has 0 saturated carbocycles. The minimum absolute atomic E-state index is 0.104. The molecule has 3 heteroatoms. The number of ketones is 1. The first-order chi connectivity index (χ1) is 10.1. The van der Waals surface area contributed by atoms with E-state index in [2.05, 4.69) is 6.92 Å². The molecular weight excluding hydrogens is 270 g/mol. The molecule has 0 N–H and O–H groups in total. The average Bonchev–Trinajstić information content (AvgIpc) is 2.46. The summed E-state index contributed by atoms with van der Waals surface area (Å²) in [6, 6.07) is 3.67. The molecule has 0 aliphatic heterocycles. The molecule has 1 aromatic carbocycles. The molecule has 0 spiro atoms. The van der Waals surface area contributed by atoms with Crippen LogP contribution in [-0.2, 0) is 11.2 Å². The van der Waals surface area contributed by atoms with Gasteiger partial charge in [0.1, 0.15) is 5.78 Å². The largest absolute Gasteiger partial charge is 0.299 e. The van der Waals surface area contributed by atoms with Crippen molar-refractivity contribution in [3.05, 3.63) is 35.4 Å². The monoisotopic (exact) mass is 296 g/mol. The Morgan fingerprint density at radius 1 is 0.905 bits per heavy atom. The van der Waals surface area contributed by atoms with Gasteiger partial charge in [0.05, 0.1) is 0 Å². The van der Waals surface area contributed by atoms with Crippen molar-refractivity contribution in [1.82, 2.24) is 0 Å². The van der Waals surface area contributed by atoms with Gasteiger partial charge in [0.2, 0.25) is 0 Å². The predicted molar refractivity (Wildman–Crippen MR) is 82.3 cm³/mol. The predicted octanol–water partition coefficient (Wildman–Crippen LogP) is 5.61. The third kappa shape index (κ3) is 7.93. The summed E-state index contributed by atoms with van der Waals surface area (Å²) in [5.41, 5.74) is 0.554. The van der Waals surface area contributed by atoms with Crippen molar-refractivity contribution in [2.45, 2.75) is 71.1 Å². The third-order valence-corrected chi connectivity index (χ3v) is 3.69. The number of rotatable bonds is 11. The highest BCUT2D eigenvalue weighted by molar-refractivity contribution is 5.80. The molecule has 0 unspecified atom stereocenters. The summed E-state index contributed by atoms with van der Waals surface area (Å²) < 4.78 is 25.8. The van der Waals surface area contributed by atoms with Crippen LogP contribution in [-0.4, -0.2) is 5.78 Å². The van der Waals surface area contributed by atoms with Crippen LogP contribution in [0.15, 0.2) is 18.2 Å². The van der Waals surface area contributed by atoms with Crippen LogP contribution in [0.4, 0.5) is 8.78 Å². The second-order valence-electron chi connectivity index (χ2n) is 5.69. The Hall–Kier alpha value is -1.25. The van der Waals surface area contributed by atoms with Gasteiger partial charge in [-0.25, -0.2) is 8.78 Å².